The summed E-state index contributed by atoms with van der Waals surface area (Å²) >= 11 is 0. The molecule has 2 aromatic carbocycles. The molecule has 0 radical (unpaired) electrons. The zero-order valence-corrected chi connectivity index (χ0v) is 15.7. The van der Waals surface area contributed by atoms with Gasteiger partial charge in [0, 0.05) is 13.0 Å². The first-order chi connectivity index (χ1) is 13.3. The van der Waals surface area contributed by atoms with Crippen LogP contribution in [0.15, 0.2) is 60.7 Å². The van der Waals surface area contributed by atoms with Gasteiger partial charge in [-0.1, -0.05) is 60.7 Å². The molecule has 2 saturated heterocycles. The minimum atomic E-state index is -0.108. The van der Waals surface area contributed by atoms with E-state index in [2.05, 4.69) is 24.3 Å². The van der Waals surface area contributed by atoms with Gasteiger partial charge in [-0.3, -0.25) is 4.84 Å². The highest BCUT2D eigenvalue weighted by molar-refractivity contribution is 5.14. The topological polar surface area (TPSA) is 40.2 Å². The predicted octanol–water partition coefficient (Wildman–Crippen LogP) is 3.05. The second kappa shape index (κ2) is 8.95. The van der Waals surface area contributed by atoms with Crippen molar-refractivity contribution in [1.82, 2.24) is 5.06 Å². The molecule has 4 atom stereocenters. The first kappa shape index (κ1) is 18.6. The van der Waals surface area contributed by atoms with Gasteiger partial charge in [-0.2, -0.15) is 5.06 Å². The number of hydrogen-bond donors (Lipinski definition) is 0. The Morgan fingerprint density at radius 2 is 1.59 bits per heavy atom. The lowest BCUT2D eigenvalue weighted by Crippen LogP contribution is -2.55. The Morgan fingerprint density at radius 1 is 0.926 bits per heavy atom. The second-order valence-corrected chi connectivity index (χ2v) is 7.23. The normalized spacial score (nSPS) is 28.2. The molecule has 0 amide bonds. The number of benzene rings is 2. The summed E-state index contributed by atoms with van der Waals surface area (Å²) in [4.78, 5) is 5.74. The number of likely N-dealkylation sites (N-methyl/N-ethyl adjacent to an activating group) is 1. The summed E-state index contributed by atoms with van der Waals surface area (Å²) in [5.41, 5.74) is 2.32. The van der Waals surface area contributed by atoms with E-state index in [0.29, 0.717) is 39.0 Å². The smallest absolute Gasteiger partial charge is 0.109 e. The number of ether oxygens (including phenoxy) is 3. The molecule has 0 N–H and O–H groups in total. The zero-order chi connectivity index (χ0) is 18.5. The van der Waals surface area contributed by atoms with E-state index in [0.717, 1.165) is 11.1 Å². The van der Waals surface area contributed by atoms with Crippen molar-refractivity contribution in [3.05, 3.63) is 71.8 Å². The Morgan fingerprint density at radius 3 is 2.30 bits per heavy atom. The highest BCUT2D eigenvalue weighted by atomic mass is 16.7. The van der Waals surface area contributed by atoms with Gasteiger partial charge in [0.25, 0.3) is 0 Å². The van der Waals surface area contributed by atoms with Crippen LogP contribution in [0.25, 0.3) is 0 Å². The van der Waals surface area contributed by atoms with E-state index in [1.807, 2.05) is 48.5 Å². The van der Waals surface area contributed by atoms with Gasteiger partial charge < -0.3 is 14.2 Å². The fourth-order valence-electron chi connectivity index (χ4n) is 3.86. The lowest BCUT2D eigenvalue weighted by atomic mass is 9.91. The molecular weight excluding hydrogens is 342 g/mol. The third-order valence-electron chi connectivity index (χ3n) is 5.30. The van der Waals surface area contributed by atoms with Gasteiger partial charge in [0.1, 0.15) is 12.2 Å². The van der Waals surface area contributed by atoms with Crippen LogP contribution in [0.2, 0.25) is 0 Å². The lowest BCUT2D eigenvalue weighted by Gasteiger charge is -2.40. The molecule has 2 aromatic rings. The average Bonchev–Trinajstić information content (AvgIpc) is 3.10. The Hall–Kier alpha value is -1.76. The second-order valence-electron chi connectivity index (χ2n) is 7.23. The molecule has 27 heavy (non-hydrogen) atoms. The van der Waals surface area contributed by atoms with Crippen molar-refractivity contribution in [1.29, 1.82) is 0 Å². The number of hydrogen-bond acceptors (Lipinski definition) is 5. The van der Waals surface area contributed by atoms with Crippen LogP contribution < -0.4 is 0 Å². The Labute approximate surface area is 160 Å². The highest BCUT2D eigenvalue weighted by Gasteiger charge is 2.47. The third-order valence-corrected chi connectivity index (χ3v) is 5.30. The molecule has 2 aliphatic heterocycles. The fraction of sp³-hybridized carbons (Fsp3) is 0.455. The summed E-state index contributed by atoms with van der Waals surface area (Å²) in [6.07, 6.45) is -0.199. The Kier molecular flexibility index (Phi) is 6.17. The van der Waals surface area contributed by atoms with Crippen molar-refractivity contribution in [2.45, 2.75) is 31.5 Å². The summed E-state index contributed by atoms with van der Waals surface area (Å²) < 4.78 is 18.4. The molecule has 0 bridgehead atoms. The van der Waals surface area contributed by atoms with Crippen molar-refractivity contribution in [3.8, 4) is 0 Å². The molecule has 5 nitrogen and oxygen atoms in total. The Balaban J connectivity index is 1.40. The maximum atomic E-state index is 6.34. The maximum Gasteiger partial charge on any atom is 0.109 e. The van der Waals surface area contributed by atoms with E-state index in [4.69, 9.17) is 19.0 Å². The van der Waals surface area contributed by atoms with Crippen LogP contribution in [0.5, 0.6) is 0 Å². The standard InChI is InChI=1S/C22H27NO4/c1-23-21-19(15-27-23)14-25-20(16-24-12-17-8-4-2-5-9-17)22(21)26-13-18-10-6-3-7-11-18/h2-11,19-22H,12-16H2,1H3/t19-,20+,21+,22+/m1/s1. The van der Waals surface area contributed by atoms with E-state index < -0.39 is 0 Å². The molecule has 4 rings (SSSR count). The van der Waals surface area contributed by atoms with Crippen molar-refractivity contribution < 1.29 is 19.0 Å². The molecule has 0 unspecified atom stereocenters. The van der Waals surface area contributed by atoms with E-state index in [1.165, 1.54) is 0 Å². The quantitative estimate of drug-likeness (QED) is 0.750. The monoisotopic (exact) mass is 369 g/mol. The van der Waals surface area contributed by atoms with E-state index in [1.54, 1.807) is 0 Å². The van der Waals surface area contributed by atoms with Crippen LogP contribution in [0, 0.1) is 5.92 Å². The van der Waals surface area contributed by atoms with E-state index in [9.17, 15) is 0 Å². The van der Waals surface area contributed by atoms with Crippen molar-refractivity contribution in [3.63, 3.8) is 0 Å². The van der Waals surface area contributed by atoms with Crippen LogP contribution in [0.1, 0.15) is 11.1 Å². The van der Waals surface area contributed by atoms with Crippen LogP contribution in [0.3, 0.4) is 0 Å². The summed E-state index contributed by atoms with van der Waals surface area (Å²) in [5, 5.41) is 1.94. The van der Waals surface area contributed by atoms with E-state index in [-0.39, 0.29) is 18.2 Å². The maximum absolute atomic E-state index is 6.34. The van der Waals surface area contributed by atoms with Crippen molar-refractivity contribution in [2.75, 3.05) is 26.9 Å². The largest absolute Gasteiger partial charge is 0.374 e. The summed E-state index contributed by atoms with van der Waals surface area (Å²) in [7, 11) is 1.98. The first-order valence-corrected chi connectivity index (χ1v) is 9.56. The Bertz CT molecular complexity index is 696. The molecule has 144 valence electrons. The van der Waals surface area contributed by atoms with Gasteiger partial charge in [-0.05, 0) is 11.1 Å². The number of hydroxylamine groups is 2. The molecule has 2 aliphatic rings. The number of fused-ring (bicyclic) bond motifs is 1. The van der Waals surface area contributed by atoms with Crippen LogP contribution in [-0.4, -0.2) is 50.2 Å². The van der Waals surface area contributed by atoms with Crippen molar-refractivity contribution in [2.24, 2.45) is 5.92 Å². The summed E-state index contributed by atoms with van der Waals surface area (Å²) in [6, 6.07) is 20.6. The zero-order valence-electron chi connectivity index (χ0n) is 15.7. The highest BCUT2D eigenvalue weighted by Crippen LogP contribution is 2.32. The van der Waals surface area contributed by atoms with Crippen molar-refractivity contribution >= 4 is 0 Å². The molecular formula is C22H27NO4. The minimum absolute atomic E-state index is 0.0905. The molecule has 5 heteroatoms. The lowest BCUT2D eigenvalue weighted by molar-refractivity contribution is -0.197. The summed E-state index contributed by atoms with van der Waals surface area (Å²) in [5.74, 6) is 0.334. The molecule has 0 saturated carbocycles. The van der Waals surface area contributed by atoms with Gasteiger partial charge in [0.05, 0.1) is 39.1 Å². The predicted molar refractivity (Wildman–Crippen MR) is 102 cm³/mol. The minimum Gasteiger partial charge on any atom is -0.374 e. The molecule has 2 heterocycles. The molecule has 0 aromatic heterocycles. The molecule has 0 aliphatic carbocycles. The van der Waals surface area contributed by atoms with Gasteiger partial charge >= 0.3 is 0 Å². The van der Waals surface area contributed by atoms with Crippen LogP contribution >= 0.6 is 0 Å². The van der Waals surface area contributed by atoms with Crippen LogP contribution in [-0.2, 0) is 32.3 Å². The number of nitrogens with zero attached hydrogens (tertiary/aromatic N) is 1. The molecule has 2 fully saturated rings. The number of rotatable bonds is 7. The van der Waals surface area contributed by atoms with Gasteiger partial charge in [0.15, 0.2) is 0 Å². The van der Waals surface area contributed by atoms with Gasteiger partial charge in [0.2, 0.25) is 0 Å². The van der Waals surface area contributed by atoms with E-state index >= 15 is 0 Å². The fourth-order valence-corrected chi connectivity index (χ4v) is 3.86. The first-order valence-electron chi connectivity index (χ1n) is 9.56. The van der Waals surface area contributed by atoms with Crippen LogP contribution in [0.4, 0.5) is 0 Å². The SMILES string of the molecule is CN1OC[C@H]2CO[C@@H](COCc3ccccc3)[C@H](OCc3ccccc3)[C@H]21. The average molecular weight is 369 g/mol. The third kappa shape index (κ3) is 4.57. The van der Waals surface area contributed by atoms with Gasteiger partial charge in [-0.15, -0.1) is 0 Å². The molecule has 0 spiro atoms. The summed E-state index contributed by atoms with van der Waals surface area (Å²) in [6.45, 7) is 3.00. The van der Waals surface area contributed by atoms with Gasteiger partial charge in [-0.25, -0.2) is 0 Å².